The van der Waals surface area contributed by atoms with Gasteiger partial charge in [-0.3, -0.25) is 9.59 Å². The van der Waals surface area contributed by atoms with Crippen LogP contribution in [0.4, 0.5) is 0 Å². The first-order valence-corrected chi connectivity index (χ1v) is 9.49. The zero-order chi connectivity index (χ0) is 17.6. The minimum absolute atomic E-state index is 0.113. The van der Waals surface area contributed by atoms with Gasteiger partial charge in [-0.25, -0.2) is 0 Å². The van der Waals surface area contributed by atoms with Crippen LogP contribution in [-0.2, 0) is 29.1 Å². The van der Waals surface area contributed by atoms with Crippen molar-refractivity contribution in [1.29, 1.82) is 0 Å². The lowest BCUT2D eigenvalue weighted by molar-refractivity contribution is -0.122. The molecule has 0 saturated carbocycles. The summed E-state index contributed by atoms with van der Waals surface area (Å²) in [5, 5.41) is 16.2. The van der Waals surface area contributed by atoms with E-state index in [9.17, 15) is 9.59 Å². The van der Waals surface area contributed by atoms with Gasteiger partial charge in [0.2, 0.25) is 11.8 Å². The summed E-state index contributed by atoms with van der Waals surface area (Å²) in [6.07, 6.45) is 4.62. The number of amides is 2. The molecule has 3 rings (SSSR count). The van der Waals surface area contributed by atoms with Crippen LogP contribution in [0.3, 0.4) is 0 Å². The molecule has 0 bridgehead atoms. The molecule has 134 valence electrons. The van der Waals surface area contributed by atoms with Gasteiger partial charge in [-0.2, -0.15) is 0 Å². The van der Waals surface area contributed by atoms with E-state index < -0.39 is 0 Å². The first-order valence-electron chi connectivity index (χ1n) is 8.61. The summed E-state index contributed by atoms with van der Waals surface area (Å²) >= 11 is 1.53. The van der Waals surface area contributed by atoms with Crippen molar-refractivity contribution in [2.75, 3.05) is 0 Å². The summed E-state index contributed by atoms with van der Waals surface area (Å²) in [5.74, 6) is 1.56. The van der Waals surface area contributed by atoms with E-state index >= 15 is 0 Å². The first kappa shape index (κ1) is 17.6. The molecule has 0 saturated heterocycles. The Balaban J connectivity index is 1.58. The summed E-state index contributed by atoms with van der Waals surface area (Å²) in [5.41, 5.74) is 0. The average Bonchev–Trinajstić information content (AvgIpc) is 3.17. The Morgan fingerprint density at radius 3 is 2.96 bits per heavy atom. The molecule has 2 N–H and O–H groups in total. The van der Waals surface area contributed by atoms with E-state index in [1.807, 2.05) is 17.5 Å². The lowest BCUT2D eigenvalue weighted by atomic mass is 10.1. The average molecular weight is 361 g/mol. The number of hydrogen-bond acceptors (Lipinski definition) is 5. The van der Waals surface area contributed by atoms with Gasteiger partial charge >= 0.3 is 0 Å². The van der Waals surface area contributed by atoms with Crippen LogP contribution in [0.15, 0.2) is 17.5 Å². The van der Waals surface area contributed by atoms with Crippen LogP contribution in [0.25, 0.3) is 0 Å². The fourth-order valence-corrected chi connectivity index (χ4v) is 3.85. The van der Waals surface area contributed by atoms with Crippen LogP contribution in [0.5, 0.6) is 0 Å². The molecule has 25 heavy (non-hydrogen) atoms. The highest BCUT2D eigenvalue weighted by Crippen LogP contribution is 2.22. The van der Waals surface area contributed by atoms with Crippen molar-refractivity contribution < 1.29 is 9.59 Å². The van der Waals surface area contributed by atoms with Crippen molar-refractivity contribution in [3.8, 4) is 0 Å². The van der Waals surface area contributed by atoms with Gasteiger partial charge in [-0.15, -0.1) is 21.5 Å². The van der Waals surface area contributed by atoms with E-state index in [1.54, 1.807) is 0 Å². The Bertz CT molecular complexity index is 725. The van der Waals surface area contributed by atoms with Crippen LogP contribution < -0.4 is 10.6 Å². The van der Waals surface area contributed by atoms with E-state index in [4.69, 9.17) is 0 Å². The molecule has 1 atom stereocenters. The summed E-state index contributed by atoms with van der Waals surface area (Å²) in [4.78, 5) is 24.7. The van der Waals surface area contributed by atoms with Gasteiger partial charge in [-0.1, -0.05) is 12.5 Å². The highest BCUT2D eigenvalue weighted by molar-refractivity contribution is 7.10. The smallest absolute Gasteiger partial charge is 0.222 e. The molecule has 1 aliphatic rings. The molecule has 7 nitrogen and oxygen atoms in total. The quantitative estimate of drug-likeness (QED) is 0.823. The molecule has 2 aromatic heterocycles. The number of aromatic nitrogens is 3. The van der Waals surface area contributed by atoms with Crippen molar-refractivity contribution in [1.82, 2.24) is 25.4 Å². The van der Waals surface area contributed by atoms with E-state index in [0.29, 0.717) is 6.54 Å². The monoisotopic (exact) mass is 361 g/mol. The molecular weight excluding hydrogens is 338 g/mol. The second-order valence-electron chi connectivity index (χ2n) is 6.24. The van der Waals surface area contributed by atoms with Crippen molar-refractivity contribution in [2.24, 2.45) is 0 Å². The SMILES string of the molecule is CC(=O)N[C@H](CC(=O)NCc1nnc2n1CCCCC2)c1cccs1. The topological polar surface area (TPSA) is 88.9 Å². The number of fused-ring (bicyclic) bond motifs is 1. The maximum Gasteiger partial charge on any atom is 0.222 e. The molecule has 1 aliphatic heterocycles. The number of nitrogens with zero attached hydrogens (tertiary/aromatic N) is 3. The highest BCUT2D eigenvalue weighted by Gasteiger charge is 2.19. The minimum atomic E-state index is -0.298. The third-order valence-electron chi connectivity index (χ3n) is 4.28. The van der Waals surface area contributed by atoms with Gasteiger partial charge in [0.05, 0.1) is 19.0 Å². The third kappa shape index (κ3) is 4.66. The zero-order valence-corrected chi connectivity index (χ0v) is 15.1. The van der Waals surface area contributed by atoms with Crippen LogP contribution in [0, 0.1) is 0 Å². The number of hydrogen-bond donors (Lipinski definition) is 2. The van der Waals surface area contributed by atoms with Gasteiger partial charge < -0.3 is 15.2 Å². The standard InChI is InChI=1S/C17H23N5O2S/c1-12(23)19-13(14-6-5-9-25-14)10-17(24)18-11-16-21-20-15-7-3-2-4-8-22(15)16/h5-6,9,13H,2-4,7-8,10-11H2,1H3,(H,18,24)(H,19,23)/t13-/m1/s1. The number of aryl methyl sites for hydroxylation is 1. The lowest BCUT2D eigenvalue weighted by Gasteiger charge is -2.16. The van der Waals surface area contributed by atoms with Gasteiger partial charge in [-0.05, 0) is 24.3 Å². The van der Waals surface area contributed by atoms with Crippen LogP contribution in [-0.4, -0.2) is 26.6 Å². The first-order chi connectivity index (χ1) is 12.1. The second-order valence-corrected chi connectivity index (χ2v) is 7.22. The largest absolute Gasteiger partial charge is 0.349 e. The molecule has 3 heterocycles. The van der Waals surface area contributed by atoms with E-state index in [2.05, 4.69) is 25.4 Å². The molecule has 0 fully saturated rings. The maximum atomic E-state index is 12.3. The van der Waals surface area contributed by atoms with Crippen LogP contribution in [0.1, 0.15) is 55.2 Å². The third-order valence-corrected chi connectivity index (χ3v) is 5.27. The molecule has 0 spiro atoms. The number of rotatable bonds is 6. The number of thiophene rings is 1. The van der Waals surface area contributed by atoms with Crippen molar-refractivity contribution in [3.63, 3.8) is 0 Å². The summed E-state index contributed by atoms with van der Waals surface area (Å²) in [6.45, 7) is 2.74. The van der Waals surface area contributed by atoms with Crippen molar-refractivity contribution >= 4 is 23.2 Å². The van der Waals surface area contributed by atoms with Crippen LogP contribution >= 0.6 is 11.3 Å². The number of nitrogens with one attached hydrogen (secondary N) is 2. The van der Waals surface area contributed by atoms with Crippen molar-refractivity contribution in [3.05, 3.63) is 34.0 Å². The number of carbonyl (C=O) groups is 2. The molecule has 2 amide bonds. The fraction of sp³-hybridized carbons (Fsp3) is 0.529. The van der Waals surface area contributed by atoms with Crippen molar-refractivity contribution in [2.45, 2.75) is 58.2 Å². The van der Waals surface area contributed by atoms with Gasteiger partial charge in [0.15, 0.2) is 5.82 Å². The van der Waals surface area contributed by atoms with E-state index in [-0.39, 0.29) is 24.3 Å². The lowest BCUT2D eigenvalue weighted by Crippen LogP contribution is -2.32. The maximum absolute atomic E-state index is 12.3. The predicted octanol–water partition coefficient (Wildman–Crippen LogP) is 1.95. The molecule has 2 aromatic rings. The zero-order valence-electron chi connectivity index (χ0n) is 14.3. The predicted molar refractivity (Wildman–Crippen MR) is 94.9 cm³/mol. The summed E-state index contributed by atoms with van der Waals surface area (Å²) < 4.78 is 2.12. The Morgan fingerprint density at radius 1 is 1.32 bits per heavy atom. The normalized spacial score (nSPS) is 15.1. The molecule has 0 radical (unpaired) electrons. The fourth-order valence-electron chi connectivity index (χ4n) is 3.07. The van der Waals surface area contributed by atoms with Crippen LogP contribution in [0.2, 0.25) is 0 Å². The Labute approximate surface area is 150 Å². The summed E-state index contributed by atoms with van der Waals surface area (Å²) in [6, 6.07) is 3.54. The molecule has 8 heteroatoms. The molecule has 0 aromatic carbocycles. The molecule has 0 aliphatic carbocycles. The van der Waals surface area contributed by atoms with Gasteiger partial charge in [0.25, 0.3) is 0 Å². The van der Waals surface area contributed by atoms with E-state index in [1.165, 1.54) is 24.7 Å². The second kappa shape index (κ2) is 8.24. The Hall–Kier alpha value is -2.22. The molecular formula is C17H23N5O2S. The number of carbonyl (C=O) groups excluding carboxylic acids is 2. The van der Waals surface area contributed by atoms with Gasteiger partial charge in [0, 0.05) is 24.8 Å². The van der Waals surface area contributed by atoms with Gasteiger partial charge in [0.1, 0.15) is 5.82 Å². The summed E-state index contributed by atoms with van der Waals surface area (Å²) in [7, 11) is 0. The highest BCUT2D eigenvalue weighted by atomic mass is 32.1. The Kier molecular flexibility index (Phi) is 5.80. The minimum Gasteiger partial charge on any atom is -0.349 e. The Morgan fingerprint density at radius 2 is 2.20 bits per heavy atom. The van der Waals surface area contributed by atoms with E-state index in [0.717, 1.165) is 42.3 Å². The molecule has 0 unspecified atom stereocenters.